The van der Waals surface area contributed by atoms with Gasteiger partial charge in [0.2, 0.25) is 5.91 Å². The quantitative estimate of drug-likeness (QED) is 0.212. The number of aromatic nitrogens is 2. The fourth-order valence-electron chi connectivity index (χ4n) is 4.74. The first-order chi connectivity index (χ1) is 19.6. The molecule has 5 rings (SSSR count). The van der Waals surface area contributed by atoms with Gasteiger partial charge in [-0.2, -0.15) is 0 Å². The van der Waals surface area contributed by atoms with Gasteiger partial charge in [0.05, 0.1) is 23.7 Å². The van der Waals surface area contributed by atoms with Crippen LogP contribution in [0.4, 0.5) is 22.0 Å². The lowest BCUT2D eigenvalue weighted by Gasteiger charge is -2.22. The van der Waals surface area contributed by atoms with Crippen LogP contribution in [-0.2, 0) is 17.6 Å². The predicted molar refractivity (Wildman–Crippen MR) is 141 cm³/mol. The third-order valence-corrected chi connectivity index (χ3v) is 6.57. The molecule has 3 aromatic carbocycles. The molecule has 0 spiro atoms. The topological polar surface area (TPSA) is 101 Å². The van der Waals surface area contributed by atoms with Crippen LogP contribution in [0.2, 0.25) is 0 Å². The number of carbonyl (C=O) groups is 2. The summed E-state index contributed by atoms with van der Waals surface area (Å²) in [4.78, 5) is 32.2. The Morgan fingerprint density at radius 3 is 2.37 bits per heavy atom. The molecule has 1 unspecified atom stereocenters. The van der Waals surface area contributed by atoms with E-state index in [0.29, 0.717) is 33.7 Å². The summed E-state index contributed by atoms with van der Waals surface area (Å²) >= 11 is 0. The molecule has 0 radical (unpaired) electrons. The SMILES string of the molecule is NC(=O)c1cc(-c2cccnc2C(Cc2cc(F)cc(F)c2)NC(=O)Cc2c[nH]c3cc(F)c(F)cc23)ccc1F. The lowest BCUT2D eigenvalue weighted by Crippen LogP contribution is -2.32. The molecule has 6 nitrogen and oxygen atoms in total. The van der Waals surface area contributed by atoms with Crippen LogP contribution < -0.4 is 11.1 Å². The van der Waals surface area contributed by atoms with Gasteiger partial charge in [-0.05, 0) is 59.5 Å². The molecule has 2 aromatic heterocycles. The minimum atomic E-state index is -1.07. The number of rotatable bonds is 8. The first-order valence-electron chi connectivity index (χ1n) is 12.3. The standard InChI is InChI=1S/C30H21F5N4O2/c31-18-6-15(7-19(32)11-18)8-27(39-28(40)10-17-14-38-26-13-25(35)24(34)12-21(17)26)29-20(2-1-5-37-29)16-3-4-23(33)22(9-16)30(36)41/h1-7,9,11-14,27,38H,8,10H2,(H2,36,41)(H,39,40). The average Bonchev–Trinajstić information content (AvgIpc) is 3.28. The normalized spacial score (nSPS) is 11.9. The number of benzene rings is 3. The van der Waals surface area contributed by atoms with Crippen LogP contribution in [0, 0.1) is 29.1 Å². The number of amides is 2. The molecule has 0 saturated carbocycles. The second-order valence-electron chi connectivity index (χ2n) is 9.40. The van der Waals surface area contributed by atoms with E-state index in [1.54, 1.807) is 12.1 Å². The van der Waals surface area contributed by atoms with E-state index >= 15 is 0 Å². The Bertz CT molecular complexity index is 1780. The molecular formula is C30H21F5N4O2. The zero-order chi connectivity index (χ0) is 29.3. The minimum absolute atomic E-state index is 0.0952. The largest absolute Gasteiger partial charge is 0.366 e. The molecule has 2 heterocycles. The first-order valence-corrected chi connectivity index (χ1v) is 12.3. The Morgan fingerprint density at radius 2 is 1.63 bits per heavy atom. The average molecular weight is 565 g/mol. The van der Waals surface area contributed by atoms with Crippen LogP contribution in [0.5, 0.6) is 0 Å². The number of carbonyl (C=O) groups excluding carboxylic acids is 2. The third kappa shape index (κ3) is 5.93. The molecule has 0 bridgehead atoms. The van der Waals surface area contributed by atoms with Gasteiger partial charge in [-0.25, -0.2) is 22.0 Å². The summed E-state index contributed by atoms with van der Waals surface area (Å²) in [5.74, 6) is -6.09. The van der Waals surface area contributed by atoms with Crippen molar-refractivity contribution in [1.82, 2.24) is 15.3 Å². The smallest absolute Gasteiger partial charge is 0.251 e. The highest BCUT2D eigenvalue weighted by Crippen LogP contribution is 2.31. The van der Waals surface area contributed by atoms with Crippen molar-refractivity contribution in [1.29, 1.82) is 0 Å². The lowest BCUT2D eigenvalue weighted by molar-refractivity contribution is -0.121. The number of nitrogens with one attached hydrogen (secondary N) is 2. The molecule has 1 atom stereocenters. The van der Waals surface area contributed by atoms with Gasteiger partial charge in [0.15, 0.2) is 11.6 Å². The summed E-state index contributed by atoms with van der Waals surface area (Å²) in [6.07, 6.45) is 2.56. The van der Waals surface area contributed by atoms with Crippen molar-refractivity contribution in [2.75, 3.05) is 0 Å². The second-order valence-corrected chi connectivity index (χ2v) is 9.40. The molecule has 4 N–H and O–H groups in total. The number of nitrogens with two attached hydrogens (primary N) is 1. The molecule has 0 fully saturated rings. The first kappa shape index (κ1) is 27.5. The Labute approximate surface area is 230 Å². The van der Waals surface area contributed by atoms with Gasteiger partial charge in [-0.15, -0.1) is 0 Å². The zero-order valence-electron chi connectivity index (χ0n) is 21.2. The molecule has 0 aliphatic rings. The van der Waals surface area contributed by atoms with Crippen LogP contribution in [0.1, 0.15) is 33.2 Å². The number of hydrogen-bond donors (Lipinski definition) is 3. The molecule has 41 heavy (non-hydrogen) atoms. The maximum absolute atomic E-state index is 14.2. The monoisotopic (exact) mass is 564 g/mol. The number of hydrogen-bond acceptors (Lipinski definition) is 3. The summed E-state index contributed by atoms with van der Waals surface area (Å²) in [7, 11) is 0. The Kier molecular flexibility index (Phi) is 7.52. The third-order valence-electron chi connectivity index (χ3n) is 6.57. The van der Waals surface area contributed by atoms with Crippen molar-refractivity contribution in [3.8, 4) is 11.1 Å². The molecule has 2 amide bonds. The van der Waals surface area contributed by atoms with Crippen LogP contribution in [0.15, 0.2) is 73.1 Å². The van der Waals surface area contributed by atoms with Crippen LogP contribution in [0.25, 0.3) is 22.0 Å². The van der Waals surface area contributed by atoms with E-state index in [4.69, 9.17) is 5.73 Å². The summed E-state index contributed by atoms with van der Waals surface area (Å²) in [6, 6.07) is 10.9. The van der Waals surface area contributed by atoms with Gasteiger partial charge >= 0.3 is 0 Å². The molecule has 5 aromatic rings. The maximum Gasteiger partial charge on any atom is 0.251 e. The van der Waals surface area contributed by atoms with Crippen LogP contribution >= 0.6 is 0 Å². The molecule has 0 aliphatic carbocycles. The second kappa shape index (κ2) is 11.2. The van der Waals surface area contributed by atoms with Crippen molar-refractivity contribution >= 4 is 22.7 Å². The van der Waals surface area contributed by atoms with Crippen molar-refractivity contribution in [3.05, 3.63) is 125 Å². The van der Waals surface area contributed by atoms with Crippen molar-refractivity contribution < 1.29 is 31.5 Å². The molecule has 11 heteroatoms. The molecule has 0 aliphatic heterocycles. The van der Waals surface area contributed by atoms with Gasteiger partial charge in [0.1, 0.15) is 17.5 Å². The molecule has 0 saturated heterocycles. The highest BCUT2D eigenvalue weighted by molar-refractivity contribution is 5.94. The van der Waals surface area contributed by atoms with Gasteiger partial charge in [-0.3, -0.25) is 14.6 Å². The maximum atomic E-state index is 14.2. The number of aromatic amines is 1. The van der Waals surface area contributed by atoms with Crippen molar-refractivity contribution in [2.24, 2.45) is 5.73 Å². The number of H-pyrrole nitrogens is 1. The van der Waals surface area contributed by atoms with E-state index in [9.17, 15) is 31.5 Å². The number of pyridine rings is 1. The summed E-state index contributed by atoms with van der Waals surface area (Å²) in [5.41, 5.74) is 6.88. The zero-order valence-corrected chi connectivity index (χ0v) is 21.2. The number of halogens is 5. The van der Waals surface area contributed by atoms with Crippen molar-refractivity contribution in [3.63, 3.8) is 0 Å². The molecule has 208 valence electrons. The fraction of sp³-hybridized carbons (Fsp3) is 0.100. The van der Waals surface area contributed by atoms with Gasteiger partial charge in [-0.1, -0.05) is 12.1 Å². The van der Waals surface area contributed by atoms with Gasteiger partial charge < -0.3 is 16.0 Å². The Morgan fingerprint density at radius 1 is 0.902 bits per heavy atom. The summed E-state index contributed by atoms with van der Waals surface area (Å²) < 4.78 is 69.7. The van der Waals surface area contributed by atoms with Gasteiger partial charge in [0, 0.05) is 41.0 Å². The van der Waals surface area contributed by atoms with Gasteiger partial charge in [0.25, 0.3) is 5.91 Å². The van der Waals surface area contributed by atoms with E-state index in [1.807, 2.05) is 0 Å². The van der Waals surface area contributed by atoms with Crippen LogP contribution in [-0.4, -0.2) is 21.8 Å². The van der Waals surface area contributed by atoms with Crippen molar-refractivity contribution in [2.45, 2.75) is 18.9 Å². The summed E-state index contributed by atoms with van der Waals surface area (Å²) in [6.45, 7) is 0. The van der Waals surface area contributed by atoms with E-state index in [0.717, 1.165) is 30.3 Å². The minimum Gasteiger partial charge on any atom is -0.366 e. The Balaban J connectivity index is 1.53. The van der Waals surface area contributed by atoms with E-state index in [1.165, 1.54) is 24.5 Å². The highest BCUT2D eigenvalue weighted by atomic mass is 19.2. The molecular weight excluding hydrogens is 543 g/mol. The number of primary amides is 1. The lowest BCUT2D eigenvalue weighted by atomic mass is 9.94. The highest BCUT2D eigenvalue weighted by Gasteiger charge is 2.23. The van der Waals surface area contributed by atoms with Crippen LogP contribution in [0.3, 0.4) is 0 Å². The van der Waals surface area contributed by atoms with E-state index in [-0.39, 0.29) is 29.7 Å². The Hall–Kier alpha value is -5.06. The number of fused-ring (bicyclic) bond motifs is 1. The van der Waals surface area contributed by atoms with E-state index in [2.05, 4.69) is 15.3 Å². The van der Waals surface area contributed by atoms with E-state index < -0.39 is 46.9 Å². The summed E-state index contributed by atoms with van der Waals surface area (Å²) in [5, 5.41) is 3.13. The predicted octanol–water partition coefficient (Wildman–Crippen LogP) is 5.67. The number of nitrogens with zero attached hydrogens (tertiary/aromatic N) is 1. The fourth-order valence-corrected chi connectivity index (χ4v) is 4.74.